The van der Waals surface area contributed by atoms with E-state index < -0.39 is 10.8 Å². The summed E-state index contributed by atoms with van der Waals surface area (Å²) in [6, 6.07) is 4.16. The number of hydrogen-bond acceptors (Lipinski definition) is 3. The molecule has 0 aliphatic carbocycles. The fourth-order valence-corrected chi connectivity index (χ4v) is 4.13. The van der Waals surface area contributed by atoms with Gasteiger partial charge in [0, 0.05) is 46.8 Å². The van der Waals surface area contributed by atoms with Crippen molar-refractivity contribution in [1.29, 1.82) is 0 Å². The Morgan fingerprint density at radius 3 is 2.62 bits per heavy atom. The molecule has 4 nitrogen and oxygen atoms in total. The number of hydrogen-bond donors (Lipinski definition) is 1. The van der Waals surface area contributed by atoms with Crippen molar-refractivity contribution in [2.24, 2.45) is 4.99 Å². The molecular formula is C14H24BrN3OS2. The van der Waals surface area contributed by atoms with Gasteiger partial charge in [-0.25, -0.2) is 0 Å². The zero-order chi connectivity index (χ0) is 16.0. The average molecular weight is 394 g/mol. The van der Waals surface area contributed by atoms with Crippen molar-refractivity contribution in [2.75, 3.05) is 26.4 Å². The van der Waals surface area contributed by atoms with Gasteiger partial charge in [0.15, 0.2) is 5.96 Å². The molecule has 0 aromatic carbocycles. The van der Waals surface area contributed by atoms with Gasteiger partial charge in [0.05, 0.1) is 10.3 Å². The molecule has 0 saturated carbocycles. The molecule has 1 aromatic rings. The van der Waals surface area contributed by atoms with Gasteiger partial charge in [-0.05, 0) is 48.8 Å². The first-order valence-corrected chi connectivity index (χ1v) is 9.71. The summed E-state index contributed by atoms with van der Waals surface area (Å²) in [5, 5.41) is 3.28. The first kappa shape index (κ1) is 18.6. The van der Waals surface area contributed by atoms with Gasteiger partial charge in [0.2, 0.25) is 0 Å². The normalized spacial score (nSPS) is 14.1. The fraction of sp³-hybridized carbons (Fsp3) is 0.643. The van der Waals surface area contributed by atoms with Crippen LogP contribution in [0.25, 0.3) is 0 Å². The smallest absolute Gasteiger partial charge is 0.193 e. The largest absolute Gasteiger partial charge is 0.355 e. The van der Waals surface area contributed by atoms with E-state index in [1.165, 1.54) is 4.88 Å². The maximum absolute atomic E-state index is 12.0. The summed E-state index contributed by atoms with van der Waals surface area (Å²) in [7, 11) is 2.93. The Kier molecular flexibility index (Phi) is 7.36. The second kappa shape index (κ2) is 8.29. The molecule has 0 saturated heterocycles. The van der Waals surface area contributed by atoms with Crippen molar-refractivity contribution < 1.29 is 4.21 Å². The van der Waals surface area contributed by atoms with Crippen LogP contribution in [-0.4, -0.2) is 46.2 Å². The summed E-state index contributed by atoms with van der Waals surface area (Å²) in [5.41, 5.74) is 0. The minimum Gasteiger partial charge on any atom is -0.355 e. The predicted molar refractivity (Wildman–Crippen MR) is 97.6 cm³/mol. The quantitative estimate of drug-likeness (QED) is 0.617. The Morgan fingerprint density at radius 2 is 2.14 bits per heavy atom. The summed E-state index contributed by atoms with van der Waals surface area (Å²) in [6.45, 7) is 7.46. The van der Waals surface area contributed by atoms with E-state index in [0.29, 0.717) is 12.3 Å². The Bertz CT molecular complexity index is 509. The first-order chi connectivity index (χ1) is 9.74. The van der Waals surface area contributed by atoms with Gasteiger partial charge in [-0.2, -0.15) is 0 Å². The average Bonchev–Trinajstić information content (AvgIpc) is 2.78. The van der Waals surface area contributed by atoms with Gasteiger partial charge in [-0.15, -0.1) is 11.3 Å². The minimum absolute atomic E-state index is 0.166. The number of nitrogens with zero attached hydrogens (tertiary/aromatic N) is 2. The molecule has 1 rings (SSSR count). The summed E-state index contributed by atoms with van der Waals surface area (Å²) < 4.78 is 13.0. The van der Waals surface area contributed by atoms with E-state index >= 15 is 0 Å². The summed E-state index contributed by atoms with van der Waals surface area (Å²) in [4.78, 5) is 7.61. The Balaban J connectivity index is 2.46. The monoisotopic (exact) mass is 393 g/mol. The number of thiophene rings is 1. The molecule has 1 N–H and O–H groups in total. The van der Waals surface area contributed by atoms with Gasteiger partial charge in [0.1, 0.15) is 0 Å². The molecule has 1 aromatic heterocycles. The highest BCUT2D eigenvalue weighted by Crippen LogP contribution is 2.22. The van der Waals surface area contributed by atoms with E-state index in [1.807, 2.05) is 27.8 Å². The first-order valence-electron chi connectivity index (χ1n) is 6.78. The van der Waals surface area contributed by atoms with Crippen molar-refractivity contribution in [3.8, 4) is 0 Å². The van der Waals surface area contributed by atoms with E-state index in [4.69, 9.17) is 0 Å². The number of halogens is 1. The highest BCUT2D eigenvalue weighted by atomic mass is 79.9. The predicted octanol–water partition coefficient (Wildman–Crippen LogP) is 3.07. The molecule has 1 atom stereocenters. The van der Waals surface area contributed by atoms with Crippen LogP contribution < -0.4 is 5.32 Å². The molecule has 0 fully saturated rings. The molecule has 0 amide bonds. The van der Waals surface area contributed by atoms with Crippen molar-refractivity contribution >= 4 is 44.0 Å². The lowest BCUT2D eigenvalue weighted by atomic mass is 10.3. The standard InChI is InChI=1S/C14H24BrN3OS2/c1-14(2,3)21(19)9-8-17-13(16-4)18(5)10-11-6-7-12(15)20-11/h6-7H,8-10H2,1-5H3,(H,16,17). The SMILES string of the molecule is CN=C(NCCS(=O)C(C)(C)C)N(C)Cc1ccc(Br)s1. The number of aliphatic imine (C=N–C) groups is 1. The van der Waals surface area contributed by atoms with Gasteiger partial charge in [-0.1, -0.05) is 0 Å². The molecule has 1 heterocycles. The van der Waals surface area contributed by atoms with E-state index in [1.54, 1.807) is 18.4 Å². The lowest BCUT2D eigenvalue weighted by molar-refractivity contribution is 0.483. The van der Waals surface area contributed by atoms with Gasteiger partial charge >= 0.3 is 0 Å². The van der Waals surface area contributed by atoms with E-state index in [0.717, 1.165) is 16.3 Å². The fourth-order valence-electron chi connectivity index (χ4n) is 1.69. The molecular weight excluding hydrogens is 370 g/mol. The number of nitrogens with one attached hydrogen (secondary N) is 1. The highest BCUT2D eigenvalue weighted by molar-refractivity contribution is 9.11. The molecule has 1 unspecified atom stereocenters. The molecule has 120 valence electrons. The van der Waals surface area contributed by atoms with Crippen LogP contribution in [0.2, 0.25) is 0 Å². The second-order valence-electron chi connectivity index (χ2n) is 5.70. The Hall–Kier alpha value is -0.400. The highest BCUT2D eigenvalue weighted by Gasteiger charge is 2.19. The zero-order valence-electron chi connectivity index (χ0n) is 13.3. The lowest BCUT2D eigenvalue weighted by Gasteiger charge is -2.22. The van der Waals surface area contributed by atoms with E-state index in [-0.39, 0.29) is 4.75 Å². The van der Waals surface area contributed by atoms with Crippen LogP contribution in [0.1, 0.15) is 25.6 Å². The van der Waals surface area contributed by atoms with Crippen molar-refractivity contribution in [3.63, 3.8) is 0 Å². The maximum atomic E-state index is 12.0. The minimum atomic E-state index is -0.844. The third kappa shape index (κ3) is 6.48. The van der Waals surface area contributed by atoms with E-state index in [2.05, 4.69) is 43.3 Å². The summed E-state index contributed by atoms with van der Waals surface area (Å²) >= 11 is 5.19. The van der Waals surface area contributed by atoms with Crippen molar-refractivity contribution in [3.05, 3.63) is 20.8 Å². The van der Waals surface area contributed by atoms with Crippen LogP contribution in [0, 0.1) is 0 Å². The summed E-state index contributed by atoms with van der Waals surface area (Å²) in [5.74, 6) is 1.45. The molecule has 0 spiro atoms. The second-order valence-corrected chi connectivity index (χ2v) is 10.6. The van der Waals surface area contributed by atoms with Crippen LogP contribution in [0.5, 0.6) is 0 Å². The number of guanidine groups is 1. The van der Waals surface area contributed by atoms with Crippen molar-refractivity contribution in [1.82, 2.24) is 10.2 Å². The van der Waals surface area contributed by atoms with Crippen LogP contribution in [0.4, 0.5) is 0 Å². The molecule has 21 heavy (non-hydrogen) atoms. The molecule has 0 aliphatic heterocycles. The molecule has 0 bridgehead atoms. The van der Waals surface area contributed by atoms with Crippen LogP contribution >= 0.6 is 27.3 Å². The zero-order valence-corrected chi connectivity index (χ0v) is 16.5. The van der Waals surface area contributed by atoms with Gasteiger partial charge in [0.25, 0.3) is 0 Å². The third-order valence-electron chi connectivity index (χ3n) is 2.85. The maximum Gasteiger partial charge on any atom is 0.193 e. The van der Waals surface area contributed by atoms with Crippen LogP contribution in [0.3, 0.4) is 0 Å². The molecule has 0 radical (unpaired) electrons. The summed E-state index contributed by atoms with van der Waals surface area (Å²) in [6.07, 6.45) is 0. The molecule has 7 heteroatoms. The molecule has 0 aliphatic rings. The topological polar surface area (TPSA) is 44.7 Å². The lowest BCUT2D eigenvalue weighted by Crippen LogP contribution is -2.41. The van der Waals surface area contributed by atoms with Gasteiger partial charge in [-0.3, -0.25) is 9.20 Å². The van der Waals surface area contributed by atoms with Crippen LogP contribution in [-0.2, 0) is 17.3 Å². The van der Waals surface area contributed by atoms with E-state index in [9.17, 15) is 4.21 Å². The Labute approximate surface area is 142 Å². The van der Waals surface area contributed by atoms with Crippen LogP contribution in [0.15, 0.2) is 20.9 Å². The van der Waals surface area contributed by atoms with Crippen molar-refractivity contribution in [2.45, 2.75) is 32.1 Å². The third-order valence-corrected chi connectivity index (χ3v) is 6.40. The Morgan fingerprint density at radius 1 is 1.48 bits per heavy atom. The van der Waals surface area contributed by atoms with Gasteiger partial charge < -0.3 is 10.2 Å². The number of rotatable bonds is 5.